The first-order chi connectivity index (χ1) is 21.3. The molecule has 1 saturated heterocycles. The monoisotopic (exact) mass is 596 g/mol. The Morgan fingerprint density at radius 1 is 0.795 bits per heavy atom. The van der Waals surface area contributed by atoms with Gasteiger partial charge in [-0.2, -0.15) is 0 Å². The van der Waals surface area contributed by atoms with Gasteiger partial charge in [0.15, 0.2) is 11.5 Å². The van der Waals surface area contributed by atoms with Gasteiger partial charge in [-0.05, 0) is 61.9 Å². The van der Waals surface area contributed by atoms with Crippen LogP contribution in [0, 0.1) is 6.92 Å². The van der Waals surface area contributed by atoms with Crippen LogP contribution in [0.25, 0.3) is 16.9 Å². The molecule has 3 amide bonds. The van der Waals surface area contributed by atoms with E-state index in [4.69, 9.17) is 14.2 Å². The summed E-state index contributed by atoms with van der Waals surface area (Å²) in [5.74, 6) is 0.716. The highest BCUT2D eigenvalue weighted by molar-refractivity contribution is 5.98. The van der Waals surface area contributed by atoms with E-state index in [9.17, 15) is 14.4 Å². The number of amides is 3. The number of rotatable bonds is 8. The fourth-order valence-corrected chi connectivity index (χ4v) is 5.33. The van der Waals surface area contributed by atoms with Gasteiger partial charge in [-0.25, -0.2) is 9.59 Å². The van der Waals surface area contributed by atoms with E-state index in [2.05, 4.69) is 9.88 Å². The van der Waals surface area contributed by atoms with E-state index in [1.165, 1.54) is 0 Å². The van der Waals surface area contributed by atoms with Gasteiger partial charge in [0.2, 0.25) is 0 Å². The smallest absolute Gasteiger partial charge is 0.338 e. The molecule has 0 unspecified atom stereocenters. The average Bonchev–Trinajstić information content (AvgIpc) is 3.41. The van der Waals surface area contributed by atoms with Crippen molar-refractivity contribution in [2.75, 3.05) is 52.3 Å². The number of methoxy groups -OCH3 is 2. The molecule has 1 aliphatic rings. The molecule has 0 aliphatic carbocycles. The van der Waals surface area contributed by atoms with Crippen molar-refractivity contribution >= 4 is 23.6 Å². The van der Waals surface area contributed by atoms with Crippen LogP contribution in [0.15, 0.2) is 78.9 Å². The molecule has 10 heteroatoms. The van der Waals surface area contributed by atoms with Gasteiger partial charge in [-0.15, -0.1) is 0 Å². The third-order valence-electron chi connectivity index (χ3n) is 7.67. The number of benzene rings is 3. The Morgan fingerprint density at radius 2 is 1.45 bits per heavy atom. The number of esters is 1. The van der Waals surface area contributed by atoms with Gasteiger partial charge in [-0.3, -0.25) is 4.79 Å². The van der Waals surface area contributed by atoms with Crippen LogP contribution in [0.1, 0.15) is 33.3 Å². The number of aromatic nitrogens is 1. The summed E-state index contributed by atoms with van der Waals surface area (Å²) >= 11 is 0. The molecule has 1 N–H and O–H groups in total. The van der Waals surface area contributed by atoms with Crippen LogP contribution >= 0.6 is 0 Å². The molecule has 0 atom stereocenters. The molecule has 10 nitrogen and oxygen atoms in total. The van der Waals surface area contributed by atoms with Crippen molar-refractivity contribution in [3.8, 4) is 28.4 Å². The first-order valence-corrected chi connectivity index (χ1v) is 14.5. The molecule has 0 spiro atoms. The van der Waals surface area contributed by atoms with Gasteiger partial charge in [-0.1, -0.05) is 30.3 Å². The van der Waals surface area contributed by atoms with Gasteiger partial charge >= 0.3 is 12.0 Å². The number of carbonyl (C=O) groups is 3. The number of ether oxygens (including phenoxy) is 3. The summed E-state index contributed by atoms with van der Waals surface area (Å²) in [6.45, 7) is 5.56. The van der Waals surface area contributed by atoms with Crippen molar-refractivity contribution in [1.29, 1.82) is 0 Å². The highest BCUT2D eigenvalue weighted by atomic mass is 16.5. The van der Waals surface area contributed by atoms with E-state index in [0.29, 0.717) is 61.1 Å². The molecular formula is C34H36N4O6. The summed E-state index contributed by atoms with van der Waals surface area (Å²) < 4.78 is 18.0. The maximum absolute atomic E-state index is 13.9. The van der Waals surface area contributed by atoms with Gasteiger partial charge in [0.1, 0.15) is 0 Å². The van der Waals surface area contributed by atoms with Crippen LogP contribution < -0.4 is 14.8 Å². The summed E-state index contributed by atoms with van der Waals surface area (Å²) in [7, 11) is 3.19. The van der Waals surface area contributed by atoms with Crippen LogP contribution in [0.2, 0.25) is 0 Å². The molecule has 3 aromatic carbocycles. The van der Waals surface area contributed by atoms with E-state index in [1.54, 1.807) is 55.2 Å². The largest absolute Gasteiger partial charge is 0.493 e. The standard InChI is InChI=1S/C34H36N4O6/c1-5-44-33(40)25-11-13-26(14-12-25)35-34(41)37-19-17-36(18-20-37)32(39)28-22-29(24-9-7-6-8-10-24)38(23(28)2)27-15-16-30(42-3)31(21-27)43-4/h6-16,21-22H,5,17-20H2,1-4H3,(H,35,41). The molecule has 1 aromatic heterocycles. The van der Waals surface area contributed by atoms with E-state index >= 15 is 0 Å². The molecular weight excluding hydrogens is 560 g/mol. The second-order valence-corrected chi connectivity index (χ2v) is 10.3. The first-order valence-electron chi connectivity index (χ1n) is 14.5. The summed E-state index contributed by atoms with van der Waals surface area (Å²) in [5, 5.41) is 2.87. The number of nitrogens with zero attached hydrogens (tertiary/aromatic N) is 3. The highest BCUT2D eigenvalue weighted by Gasteiger charge is 2.28. The molecule has 228 valence electrons. The lowest BCUT2D eigenvalue weighted by molar-refractivity contribution is 0.0526. The molecule has 0 radical (unpaired) electrons. The minimum absolute atomic E-state index is 0.0893. The fourth-order valence-electron chi connectivity index (χ4n) is 5.33. The van der Waals surface area contributed by atoms with Crippen molar-refractivity contribution < 1.29 is 28.6 Å². The number of piperazine rings is 1. The molecule has 5 rings (SSSR count). The zero-order valence-corrected chi connectivity index (χ0v) is 25.3. The minimum atomic E-state index is -0.406. The van der Waals surface area contributed by atoms with Gasteiger partial charge in [0.05, 0.1) is 37.6 Å². The molecule has 1 fully saturated rings. The second-order valence-electron chi connectivity index (χ2n) is 10.3. The zero-order chi connectivity index (χ0) is 31.2. The lowest BCUT2D eigenvalue weighted by atomic mass is 10.1. The lowest BCUT2D eigenvalue weighted by Crippen LogP contribution is -2.51. The zero-order valence-electron chi connectivity index (χ0n) is 25.3. The maximum Gasteiger partial charge on any atom is 0.338 e. The number of carbonyl (C=O) groups excluding carboxylic acids is 3. The predicted molar refractivity (Wildman–Crippen MR) is 168 cm³/mol. The van der Waals surface area contributed by atoms with E-state index in [-0.39, 0.29) is 11.9 Å². The maximum atomic E-state index is 13.9. The summed E-state index contributed by atoms with van der Waals surface area (Å²) in [4.78, 5) is 42.2. The molecule has 0 saturated carbocycles. The highest BCUT2D eigenvalue weighted by Crippen LogP contribution is 2.35. The predicted octanol–water partition coefficient (Wildman–Crippen LogP) is 5.64. The lowest BCUT2D eigenvalue weighted by Gasteiger charge is -2.34. The van der Waals surface area contributed by atoms with Gasteiger partial charge in [0, 0.05) is 49.3 Å². The van der Waals surface area contributed by atoms with Crippen LogP contribution in [-0.2, 0) is 4.74 Å². The Balaban J connectivity index is 1.32. The van der Waals surface area contributed by atoms with Crippen molar-refractivity contribution in [2.45, 2.75) is 13.8 Å². The van der Waals surface area contributed by atoms with Gasteiger partial charge in [0.25, 0.3) is 5.91 Å². The van der Waals surface area contributed by atoms with Crippen molar-refractivity contribution in [2.24, 2.45) is 0 Å². The summed E-state index contributed by atoms with van der Waals surface area (Å²) in [5.41, 5.74) is 5.08. The Kier molecular flexibility index (Phi) is 9.18. The number of anilines is 1. The van der Waals surface area contributed by atoms with Crippen LogP contribution in [-0.4, -0.2) is 79.3 Å². The summed E-state index contributed by atoms with van der Waals surface area (Å²) in [6.07, 6.45) is 0. The normalized spacial score (nSPS) is 12.9. The van der Waals surface area contributed by atoms with E-state index in [0.717, 1.165) is 22.6 Å². The van der Waals surface area contributed by atoms with Crippen LogP contribution in [0.3, 0.4) is 0 Å². The molecule has 2 heterocycles. The van der Waals surface area contributed by atoms with Crippen molar-refractivity contribution in [3.05, 3.63) is 95.7 Å². The number of nitrogens with one attached hydrogen (secondary N) is 1. The molecule has 1 aliphatic heterocycles. The molecule has 44 heavy (non-hydrogen) atoms. The Labute approximate surface area is 256 Å². The third-order valence-corrected chi connectivity index (χ3v) is 7.67. The van der Waals surface area contributed by atoms with Gasteiger partial charge < -0.3 is 33.9 Å². The number of hydrogen-bond acceptors (Lipinski definition) is 6. The fraction of sp³-hybridized carbons (Fsp3) is 0.265. The quantitative estimate of drug-likeness (QED) is 0.264. The van der Waals surface area contributed by atoms with E-state index < -0.39 is 5.97 Å². The van der Waals surface area contributed by atoms with Crippen LogP contribution in [0.5, 0.6) is 11.5 Å². The Bertz CT molecular complexity index is 1640. The van der Waals surface area contributed by atoms with E-state index in [1.807, 2.05) is 61.5 Å². The average molecular weight is 597 g/mol. The second kappa shape index (κ2) is 13.4. The number of urea groups is 1. The summed E-state index contributed by atoms with van der Waals surface area (Å²) in [6, 6.07) is 23.9. The number of hydrogen-bond donors (Lipinski definition) is 1. The molecule has 4 aromatic rings. The topological polar surface area (TPSA) is 102 Å². The Morgan fingerprint density at radius 3 is 2.09 bits per heavy atom. The molecule has 0 bridgehead atoms. The SMILES string of the molecule is CCOC(=O)c1ccc(NC(=O)N2CCN(C(=O)c3cc(-c4ccccc4)n(-c4ccc(OC)c(OC)c4)c3C)CC2)cc1. The van der Waals surface area contributed by atoms with Crippen LogP contribution in [0.4, 0.5) is 10.5 Å². The minimum Gasteiger partial charge on any atom is -0.493 e. The third kappa shape index (κ3) is 6.24. The van der Waals surface area contributed by atoms with Crippen molar-refractivity contribution in [1.82, 2.24) is 14.4 Å². The first kappa shape index (κ1) is 30.2. The Hall–Kier alpha value is -5.25. The van der Waals surface area contributed by atoms with Crippen molar-refractivity contribution in [3.63, 3.8) is 0 Å².